The zero-order chi connectivity index (χ0) is 12.2. The number of rotatable bonds is 6. The molecule has 8 nitrogen and oxygen atoms in total. The number of carbonyl (C=O) groups excluding carboxylic acids is 1. The number of hydrogen-bond donors (Lipinski definition) is 4. The van der Waals surface area contributed by atoms with E-state index in [1.807, 2.05) is 0 Å². The summed E-state index contributed by atoms with van der Waals surface area (Å²) in [6.07, 6.45) is -0.717. The molecule has 2 atom stereocenters. The first-order valence-electron chi connectivity index (χ1n) is 3.87. The molecule has 0 saturated heterocycles. The van der Waals surface area contributed by atoms with Gasteiger partial charge in [-0.1, -0.05) is 0 Å². The number of carboxylic acids is 1. The van der Waals surface area contributed by atoms with Crippen molar-refractivity contribution in [2.45, 2.75) is 17.7 Å². The smallest absolute Gasteiger partial charge is 0.305 e. The monoisotopic (exact) mass is 240 g/mol. The van der Waals surface area contributed by atoms with Crippen LogP contribution in [0.15, 0.2) is 0 Å². The molecule has 0 bridgehead atoms. The summed E-state index contributed by atoms with van der Waals surface area (Å²) in [6, 6.07) is -1.50. The van der Waals surface area contributed by atoms with Crippen molar-refractivity contribution in [1.82, 2.24) is 0 Å². The minimum absolute atomic E-state index is 0.648. The zero-order valence-corrected chi connectivity index (χ0v) is 8.48. The van der Waals surface area contributed by atoms with Gasteiger partial charge < -0.3 is 16.6 Å². The van der Waals surface area contributed by atoms with Crippen LogP contribution in [0.5, 0.6) is 0 Å². The lowest BCUT2D eigenvalue weighted by Gasteiger charge is -2.14. The summed E-state index contributed by atoms with van der Waals surface area (Å²) in [6.45, 7) is -0.648. The van der Waals surface area contributed by atoms with Gasteiger partial charge in [0.2, 0.25) is 0 Å². The van der Waals surface area contributed by atoms with Crippen molar-refractivity contribution in [1.29, 1.82) is 0 Å². The van der Waals surface area contributed by atoms with Crippen molar-refractivity contribution in [3.05, 3.63) is 0 Å². The Labute approximate surface area is 86.0 Å². The minimum Gasteiger partial charge on any atom is -0.481 e. The van der Waals surface area contributed by atoms with Crippen molar-refractivity contribution in [2.24, 2.45) is 11.5 Å². The molecule has 0 amide bonds. The minimum atomic E-state index is -4.64. The average molecular weight is 240 g/mol. The summed E-state index contributed by atoms with van der Waals surface area (Å²) in [7, 11) is -4.64. The maximum absolute atomic E-state index is 11.2. The Morgan fingerprint density at radius 3 is 2.07 bits per heavy atom. The van der Waals surface area contributed by atoms with Crippen molar-refractivity contribution in [3.8, 4) is 0 Å². The summed E-state index contributed by atoms with van der Waals surface area (Å²) >= 11 is 0. The van der Waals surface area contributed by atoms with E-state index in [1.165, 1.54) is 0 Å². The van der Waals surface area contributed by atoms with E-state index in [9.17, 15) is 18.0 Å². The second-order valence-corrected chi connectivity index (χ2v) is 4.45. The van der Waals surface area contributed by atoms with Gasteiger partial charge >= 0.3 is 5.97 Å². The van der Waals surface area contributed by atoms with Gasteiger partial charge in [-0.05, 0) is 0 Å². The van der Waals surface area contributed by atoms with Crippen LogP contribution in [-0.4, -0.2) is 47.7 Å². The van der Waals surface area contributed by atoms with Crippen LogP contribution < -0.4 is 11.5 Å². The van der Waals surface area contributed by atoms with E-state index in [1.54, 1.807) is 0 Å². The molecule has 0 fully saturated rings. The van der Waals surface area contributed by atoms with Crippen LogP contribution in [0.25, 0.3) is 0 Å². The van der Waals surface area contributed by atoms with Crippen LogP contribution in [0.2, 0.25) is 0 Å². The fourth-order valence-electron chi connectivity index (χ4n) is 0.912. The highest BCUT2D eigenvalue weighted by Gasteiger charge is 2.33. The average Bonchev–Trinajstić information content (AvgIpc) is 2.01. The molecule has 0 rings (SSSR count). The molecule has 88 valence electrons. The largest absolute Gasteiger partial charge is 0.481 e. The van der Waals surface area contributed by atoms with Gasteiger partial charge in [-0.15, -0.1) is 0 Å². The Balaban J connectivity index is 4.75. The lowest BCUT2D eigenvalue weighted by molar-refractivity contribution is -0.139. The predicted octanol–water partition coefficient (Wildman–Crippen LogP) is -2.43. The van der Waals surface area contributed by atoms with Crippen LogP contribution in [-0.2, 0) is 19.7 Å². The third-order valence-corrected chi connectivity index (χ3v) is 2.79. The molecule has 0 aliphatic rings. The summed E-state index contributed by atoms with van der Waals surface area (Å²) in [4.78, 5) is 21.4. The standard InChI is InChI=1S/C6H12N2O6S/c7-2-4(15(12,13)14)6(11)3(8)1-5(9)10/h3-4H,1-2,7-8H2,(H,9,10)(H,12,13,14). The summed E-state index contributed by atoms with van der Waals surface area (Å²) in [5.74, 6) is -2.45. The van der Waals surface area contributed by atoms with Gasteiger partial charge in [-0.2, -0.15) is 8.42 Å². The maximum atomic E-state index is 11.2. The van der Waals surface area contributed by atoms with Crippen molar-refractivity contribution >= 4 is 21.9 Å². The second kappa shape index (κ2) is 5.16. The number of hydrogen-bond acceptors (Lipinski definition) is 6. The Hall–Kier alpha value is -1.03. The maximum Gasteiger partial charge on any atom is 0.305 e. The van der Waals surface area contributed by atoms with Crippen LogP contribution in [0.4, 0.5) is 0 Å². The van der Waals surface area contributed by atoms with Gasteiger partial charge in [0.1, 0.15) is 0 Å². The highest BCUT2D eigenvalue weighted by atomic mass is 32.2. The number of aliphatic carboxylic acids is 1. The van der Waals surface area contributed by atoms with E-state index in [0.29, 0.717) is 0 Å². The molecular formula is C6H12N2O6S. The van der Waals surface area contributed by atoms with Crippen LogP contribution in [0, 0.1) is 0 Å². The fraction of sp³-hybridized carbons (Fsp3) is 0.667. The molecular weight excluding hydrogens is 228 g/mol. The highest BCUT2D eigenvalue weighted by Crippen LogP contribution is 2.03. The molecule has 9 heteroatoms. The van der Waals surface area contributed by atoms with E-state index in [2.05, 4.69) is 0 Å². The Morgan fingerprint density at radius 1 is 1.33 bits per heavy atom. The van der Waals surface area contributed by atoms with Gasteiger partial charge in [0.15, 0.2) is 11.0 Å². The Bertz CT molecular complexity index is 351. The lowest BCUT2D eigenvalue weighted by atomic mass is 10.1. The van der Waals surface area contributed by atoms with Crippen LogP contribution in [0.3, 0.4) is 0 Å². The molecule has 15 heavy (non-hydrogen) atoms. The molecule has 0 aromatic heterocycles. The normalized spacial score (nSPS) is 15.7. The topological polar surface area (TPSA) is 161 Å². The van der Waals surface area contributed by atoms with Gasteiger partial charge in [-0.3, -0.25) is 14.1 Å². The Morgan fingerprint density at radius 2 is 1.80 bits per heavy atom. The highest BCUT2D eigenvalue weighted by molar-refractivity contribution is 7.87. The fourth-order valence-corrected chi connectivity index (χ4v) is 1.62. The summed E-state index contributed by atoms with van der Waals surface area (Å²) in [5.41, 5.74) is 10.1. The summed E-state index contributed by atoms with van der Waals surface area (Å²) in [5, 5.41) is 6.45. The first-order valence-corrected chi connectivity index (χ1v) is 5.38. The van der Waals surface area contributed by atoms with E-state index < -0.39 is 46.1 Å². The van der Waals surface area contributed by atoms with Gasteiger partial charge in [0.05, 0.1) is 12.5 Å². The number of carboxylic acid groups (broad SMARTS) is 1. The number of nitrogens with two attached hydrogens (primary N) is 2. The van der Waals surface area contributed by atoms with Gasteiger partial charge in [-0.25, -0.2) is 0 Å². The zero-order valence-electron chi connectivity index (χ0n) is 7.66. The molecule has 0 spiro atoms. The molecule has 2 unspecified atom stereocenters. The second-order valence-electron chi connectivity index (χ2n) is 2.85. The molecule has 6 N–H and O–H groups in total. The van der Waals surface area contributed by atoms with Crippen LogP contribution >= 0.6 is 0 Å². The van der Waals surface area contributed by atoms with Crippen molar-refractivity contribution in [3.63, 3.8) is 0 Å². The molecule has 0 radical (unpaired) electrons. The van der Waals surface area contributed by atoms with Crippen molar-refractivity contribution in [2.75, 3.05) is 6.54 Å². The number of carbonyl (C=O) groups is 2. The first kappa shape index (κ1) is 14.0. The van der Waals surface area contributed by atoms with E-state index in [4.69, 9.17) is 21.1 Å². The van der Waals surface area contributed by atoms with Gasteiger partial charge in [0.25, 0.3) is 10.1 Å². The molecule has 0 aromatic rings. The van der Waals surface area contributed by atoms with E-state index >= 15 is 0 Å². The third-order valence-electron chi connectivity index (χ3n) is 1.65. The third kappa shape index (κ3) is 4.34. The van der Waals surface area contributed by atoms with E-state index in [0.717, 1.165) is 0 Å². The van der Waals surface area contributed by atoms with E-state index in [-0.39, 0.29) is 0 Å². The number of Topliss-reactive ketones (excluding diaryl/α,β-unsaturated/α-hetero) is 1. The number of ketones is 1. The lowest BCUT2D eigenvalue weighted by Crippen LogP contribution is -2.47. The first-order chi connectivity index (χ1) is 6.70. The van der Waals surface area contributed by atoms with Crippen molar-refractivity contribution < 1.29 is 27.7 Å². The predicted molar refractivity (Wildman–Crippen MR) is 49.6 cm³/mol. The molecule has 0 heterocycles. The molecule has 0 aromatic carbocycles. The van der Waals surface area contributed by atoms with Gasteiger partial charge in [0, 0.05) is 6.54 Å². The summed E-state index contributed by atoms with van der Waals surface area (Å²) < 4.78 is 29.9. The molecule has 0 aliphatic carbocycles. The molecule has 0 aliphatic heterocycles. The molecule has 0 saturated carbocycles. The quantitative estimate of drug-likeness (QED) is 0.372. The van der Waals surface area contributed by atoms with Crippen LogP contribution in [0.1, 0.15) is 6.42 Å². The Kier molecular flexibility index (Phi) is 4.81. The SMILES string of the molecule is NCC(C(=O)C(N)CC(=O)O)S(=O)(=O)O.